The SMILES string of the molecule is Cc1cc(CCNC(=O)N2CCC(O)CC(C)(C)C2)ccc1Cl. The molecule has 1 aliphatic rings. The molecule has 0 saturated carbocycles. The molecule has 0 spiro atoms. The number of hydrogen-bond donors (Lipinski definition) is 2. The van der Waals surface area contributed by atoms with E-state index in [-0.39, 0.29) is 17.6 Å². The molecule has 4 nitrogen and oxygen atoms in total. The lowest BCUT2D eigenvalue weighted by Gasteiger charge is -2.29. The fourth-order valence-corrected chi connectivity index (χ4v) is 3.28. The molecule has 2 N–H and O–H groups in total. The van der Waals surface area contributed by atoms with Gasteiger partial charge in [0.2, 0.25) is 0 Å². The molecule has 2 amide bonds. The van der Waals surface area contributed by atoms with Crippen LogP contribution in [0.15, 0.2) is 18.2 Å². The van der Waals surface area contributed by atoms with Gasteiger partial charge in [0.05, 0.1) is 6.10 Å². The van der Waals surface area contributed by atoms with E-state index in [1.165, 1.54) is 5.56 Å². The molecule has 0 aromatic heterocycles. The van der Waals surface area contributed by atoms with Gasteiger partial charge in [-0.05, 0) is 48.8 Å². The van der Waals surface area contributed by atoms with E-state index < -0.39 is 0 Å². The molecule has 1 fully saturated rings. The van der Waals surface area contributed by atoms with Crippen molar-refractivity contribution in [2.75, 3.05) is 19.6 Å². The first kappa shape index (κ1) is 18.1. The van der Waals surface area contributed by atoms with E-state index in [4.69, 9.17) is 11.6 Å². The zero-order valence-electron chi connectivity index (χ0n) is 14.2. The van der Waals surface area contributed by atoms with Gasteiger partial charge in [-0.2, -0.15) is 0 Å². The molecular formula is C18H27ClN2O2. The van der Waals surface area contributed by atoms with Crippen LogP contribution in [0.2, 0.25) is 5.02 Å². The van der Waals surface area contributed by atoms with E-state index >= 15 is 0 Å². The van der Waals surface area contributed by atoms with Crippen molar-refractivity contribution < 1.29 is 9.90 Å². The highest BCUT2D eigenvalue weighted by atomic mass is 35.5. The summed E-state index contributed by atoms with van der Waals surface area (Å²) in [6, 6.07) is 5.90. The molecule has 1 unspecified atom stereocenters. The first-order chi connectivity index (χ1) is 10.8. The predicted octanol–water partition coefficient (Wildman–Crippen LogP) is 3.38. The van der Waals surface area contributed by atoms with Crippen molar-refractivity contribution in [3.05, 3.63) is 34.3 Å². The Morgan fingerprint density at radius 3 is 2.91 bits per heavy atom. The van der Waals surface area contributed by atoms with Crippen LogP contribution in [0.5, 0.6) is 0 Å². The Kier molecular flexibility index (Phi) is 5.93. The predicted molar refractivity (Wildman–Crippen MR) is 93.9 cm³/mol. The molecule has 0 bridgehead atoms. The van der Waals surface area contributed by atoms with E-state index in [9.17, 15) is 9.90 Å². The maximum Gasteiger partial charge on any atom is 0.317 e. The van der Waals surface area contributed by atoms with Crippen molar-refractivity contribution in [3.63, 3.8) is 0 Å². The van der Waals surface area contributed by atoms with Crippen molar-refractivity contribution in [1.82, 2.24) is 10.2 Å². The summed E-state index contributed by atoms with van der Waals surface area (Å²) >= 11 is 6.02. The van der Waals surface area contributed by atoms with Gasteiger partial charge in [0, 0.05) is 24.7 Å². The fraction of sp³-hybridized carbons (Fsp3) is 0.611. The highest BCUT2D eigenvalue weighted by Crippen LogP contribution is 2.28. The number of hydrogen-bond acceptors (Lipinski definition) is 2. The fourth-order valence-electron chi connectivity index (χ4n) is 3.17. The number of aliphatic hydroxyl groups excluding tert-OH is 1. The van der Waals surface area contributed by atoms with Crippen LogP contribution in [-0.2, 0) is 6.42 Å². The van der Waals surface area contributed by atoms with Crippen molar-refractivity contribution in [2.45, 2.75) is 46.1 Å². The van der Waals surface area contributed by atoms with Crippen LogP contribution in [0.3, 0.4) is 0 Å². The van der Waals surface area contributed by atoms with Crippen molar-refractivity contribution in [3.8, 4) is 0 Å². The molecule has 5 heteroatoms. The van der Waals surface area contributed by atoms with Crippen molar-refractivity contribution in [2.24, 2.45) is 5.41 Å². The molecule has 128 valence electrons. The number of benzene rings is 1. The maximum atomic E-state index is 12.4. The van der Waals surface area contributed by atoms with Crippen LogP contribution in [0, 0.1) is 12.3 Å². The number of nitrogens with zero attached hydrogens (tertiary/aromatic N) is 1. The standard InChI is InChI=1S/C18H27ClN2O2/c1-13-10-14(4-5-16(13)19)6-8-20-17(23)21-9-7-15(22)11-18(2,3)12-21/h4-5,10,15,22H,6-9,11-12H2,1-3H3,(H,20,23). The second-order valence-corrected chi connectivity index (χ2v) is 7.71. The number of rotatable bonds is 3. The number of halogens is 1. The van der Waals surface area contributed by atoms with Gasteiger partial charge in [0.1, 0.15) is 0 Å². The Labute approximate surface area is 143 Å². The summed E-state index contributed by atoms with van der Waals surface area (Å²) in [5.74, 6) is 0. The normalized spacial score (nSPS) is 20.9. The highest BCUT2D eigenvalue weighted by molar-refractivity contribution is 6.31. The smallest absolute Gasteiger partial charge is 0.317 e. The molecule has 23 heavy (non-hydrogen) atoms. The minimum absolute atomic E-state index is 0.0436. The molecule has 0 radical (unpaired) electrons. The number of urea groups is 1. The third kappa shape index (κ3) is 5.40. The largest absolute Gasteiger partial charge is 0.393 e. The molecule has 1 atom stereocenters. The van der Waals surface area contributed by atoms with Gasteiger partial charge in [0.25, 0.3) is 0 Å². The molecule has 0 aliphatic carbocycles. The van der Waals surface area contributed by atoms with Gasteiger partial charge < -0.3 is 15.3 Å². The lowest BCUT2D eigenvalue weighted by Crippen LogP contribution is -2.44. The van der Waals surface area contributed by atoms with Crippen LogP contribution in [0.1, 0.15) is 37.8 Å². The van der Waals surface area contributed by atoms with Crippen LogP contribution in [0.4, 0.5) is 4.79 Å². The Morgan fingerprint density at radius 1 is 1.48 bits per heavy atom. The zero-order chi connectivity index (χ0) is 17.0. The summed E-state index contributed by atoms with van der Waals surface area (Å²) in [7, 11) is 0. The summed E-state index contributed by atoms with van der Waals surface area (Å²) in [6.45, 7) is 8.05. The molecule has 1 aromatic rings. The van der Waals surface area contributed by atoms with Gasteiger partial charge in [-0.1, -0.05) is 37.6 Å². The Morgan fingerprint density at radius 2 is 2.22 bits per heavy atom. The second kappa shape index (κ2) is 7.54. The monoisotopic (exact) mass is 338 g/mol. The van der Waals surface area contributed by atoms with Gasteiger partial charge in [-0.3, -0.25) is 0 Å². The first-order valence-electron chi connectivity index (χ1n) is 8.23. The molecule has 1 aromatic carbocycles. The number of likely N-dealkylation sites (tertiary alicyclic amines) is 1. The molecule has 1 aliphatic heterocycles. The molecule has 2 rings (SSSR count). The minimum atomic E-state index is -0.320. The van der Waals surface area contributed by atoms with E-state index in [0.717, 1.165) is 23.4 Å². The first-order valence-corrected chi connectivity index (χ1v) is 8.60. The summed E-state index contributed by atoms with van der Waals surface area (Å²) in [5.41, 5.74) is 2.16. The summed E-state index contributed by atoms with van der Waals surface area (Å²) in [5, 5.41) is 13.7. The Hall–Kier alpha value is -1.26. The third-order valence-corrected chi connectivity index (χ3v) is 4.76. The van der Waals surface area contributed by atoms with E-state index in [1.807, 2.05) is 24.0 Å². The Bertz CT molecular complexity index is 560. The number of carbonyl (C=O) groups excluding carboxylic acids is 1. The number of nitrogens with one attached hydrogen (secondary N) is 1. The lowest BCUT2D eigenvalue weighted by atomic mass is 9.87. The Balaban J connectivity index is 1.85. The van der Waals surface area contributed by atoms with E-state index in [1.54, 1.807) is 0 Å². The summed E-state index contributed by atoms with van der Waals surface area (Å²) in [6.07, 6.45) is 1.84. The van der Waals surface area contributed by atoms with Gasteiger partial charge in [0.15, 0.2) is 0 Å². The van der Waals surface area contributed by atoms with Crippen molar-refractivity contribution >= 4 is 17.6 Å². The summed E-state index contributed by atoms with van der Waals surface area (Å²) in [4.78, 5) is 14.2. The zero-order valence-corrected chi connectivity index (χ0v) is 15.0. The average molecular weight is 339 g/mol. The third-order valence-electron chi connectivity index (χ3n) is 4.34. The van der Waals surface area contributed by atoms with Gasteiger partial charge >= 0.3 is 6.03 Å². The number of carbonyl (C=O) groups is 1. The second-order valence-electron chi connectivity index (χ2n) is 7.30. The molecule has 1 heterocycles. The van der Waals surface area contributed by atoms with Crippen LogP contribution in [-0.4, -0.2) is 41.8 Å². The van der Waals surface area contributed by atoms with Gasteiger partial charge in [-0.25, -0.2) is 4.79 Å². The van der Waals surface area contributed by atoms with E-state index in [2.05, 4.69) is 25.2 Å². The minimum Gasteiger partial charge on any atom is -0.393 e. The summed E-state index contributed by atoms with van der Waals surface area (Å²) < 4.78 is 0. The van der Waals surface area contributed by atoms with Gasteiger partial charge in [-0.15, -0.1) is 0 Å². The lowest BCUT2D eigenvalue weighted by molar-refractivity contribution is 0.121. The van der Waals surface area contributed by atoms with Crippen molar-refractivity contribution in [1.29, 1.82) is 0 Å². The van der Waals surface area contributed by atoms with Crippen LogP contribution < -0.4 is 5.32 Å². The highest BCUT2D eigenvalue weighted by Gasteiger charge is 2.31. The average Bonchev–Trinajstić information content (AvgIpc) is 2.60. The molecule has 1 saturated heterocycles. The topological polar surface area (TPSA) is 52.6 Å². The molecular weight excluding hydrogens is 312 g/mol. The number of aliphatic hydroxyl groups is 1. The quantitative estimate of drug-likeness (QED) is 0.887. The van der Waals surface area contributed by atoms with Crippen LogP contribution >= 0.6 is 11.6 Å². The number of amides is 2. The number of aryl methyl sites for hydroxylation is 1. The maximum absolute atomic E-state index is 12.4. The van der Waals surface area contributed by atoms with E-state index in [0.29, 0.717) is 26.1 Å². The van der Waals surface area contributed by atoms with Crippen LogP contribution in [0.25, 0.3) is 0 Å².